The number of rotatable bonds is 6. The first-order chi connectivity index (χ1) is 10.2. The maximum Gasteiger partial charge on any atom is 0.228 e. The Hall–Kier alpha value is -2.36. The molecule has 1 amide bonds. The molecule has 21 heavy (non-hydrogen) atoms. The maximum absolute atomic E-state index is 12.8. The van der Waals surface area contributed by atoms with Gasteiger partial charge in [-0.3, -0.25) is 4.79 Å². The first-order valence-corrected chi connectivity index (χ1v) is 6.95. The largest absolute Gasteiger partial charge is 0.491 e. The summed E-state index contributed by atoms with van der Waals surface area (Å²) < 4.78 is 18.4. The fourth-order valence-corrected chi connectivity index (χ4v) is 1.89. The van der Waals surface area contributed by atoms with Crippen molar-refractivity contribution in [3.63, 3.8) is 0 Å². The summed E-state index contributed by atoms with van der Waals surface area (Å²) in [5.41, 5.74) is 1.42. The number of halogens is 1. The average molecular weight is 287 g/mol. The van der Waals surface area contributed by atoms with Gasteiger partial charge in [0.25, 0.3) is 0 Å². The number of anilines is 1. The van der Waals surface area contributed by atoms with Gasteiger partial charge in [-0.2, -0.15) is 0 Å². The van der Waals surface area contributed by atoms with Crippen LogP contribution in [0.2, 0.25) is 0 Å². The Balaban J connectivity index is 2.00. The number of hydrogen-bond donors (Lipinski definition) is 1. The number of nitrogens with one attached hydrogen (secondary N) is 1. The van der Waals surface area contributed by atoms with Gasteiger partial charge in [-0.15, -0.1) is 0 Å². The van der Waals surface area contributed by atoms with Gasteiger partial charge in [0, 0.05) is 0 Å². The van der Waals surface area contributed by atoms with Crippen molar-refractivity contribution in [2.75, 3.05) is 11.9 Å². The topological polar surface area (TPSA) is 38.3 Å². The second-order valence-electron chi connectivity index (χ2n) is 4.70. The zero-order chi connectivity index (χ0) is 15.1. The van der Waals surface area contributed by atoms with E-state index in [2.05, 4.69) is 5.32 Å². The van der Waals surface area contributed by atoms with Gasteiger partial charge in [-0.25, -0.2) is 4.39 Å². The highest BCUT2D eigenvalue weighted by Gasteiger charge is 2.08. The molecule has 2 aromatic rings. The molecule has 0 radical (unpaired) electrons. The minimum atomic E-state index is -0.308. The molecule has 0 heterocycles. The third-order valence-corrected chi connectivity index (χ3v) is 2.90. The summed E-state index contributed by atoms with van der Waals surface area (Å²) in [4.78, 5) is 12.0. The van der Waals surface area contributed by atoms with E-state index in [9.17, 15) is 9.18 Å². The lowest BCUT2D eigenvalue weighted by atomic mass is 10.1. The first kappa shape index (κ1) is 15.0. The van der Waals surface area contributed by atoms with E-state index in [0.29, 0.717) is 18.0 Å². The molecule has 0 fully saturated rings. The molecule has 0 atom stereocenters. The molecule has 0 aliphatic carbocycles. The number of carbonyl (C=O) groups excluding carboxylic acids is 1. The normalized spacial score (nSPS) is 10.2. The van der Waals surface area contributed by atoms with Gasteiger partial charge in [0.1, 0.15) is 11.6 Å². The van der Waals surface area contributed by atoms with Crippen LogP contribution in [-0.4, -0.2) is 12.5 Å². The van der Waals surface area contributed by atoms with Gasteiger partial charge in [0.2, 0.25) is 5.91 Å². The molecule has 0 aliphatic rings. The molecular formula is C17H18FNO2. The molecule has 2 rings (SSSR count). The fraction of sp³-hybridized carbons (Fsp3) is 0.235. The summed E-state index contributed by atoms with van der Waals surface area (Å²) in [6.45, 7) is 2.63. The van der Waals surface area contributed by atoms with E-state index in [1.165, 1.54) is 12.1 Å². The Bertz CT molecular complexity index is 596. The van der Waals surface area contributed by atoms with Gasteiger partial charge >= 0.3 is 0 Å². The lowest BCUT2D eigenvalue weighted by Gasteiger charge is -2.12. The molecule has 110 valence electrons. The van der Waals surface area contributed by atoms with Crippen LogP contribution >= 0.6 is 0 Å². The van der Waals surface area contributed by atoms with E-state index < -0.39 is 0 Å². The van der Waals surface area contributed by atoms with Crippen molar-refractivity contribution >= 4 is 11.6 Å². The van der Waals surface area contributed by atoms with Crippen LogP contribution in [0.25, 0.3) is 0 Å². The van der Waals surface area contributed by atoms with Gasteiger partial charge in [0.05, 0.1) is 18.7 Å². The van der Waals surface area contributed by atoms with Crippen molar-refractivity contribution in [1.29, 1.82) is 0 Å². The number of amides is 1. The van der Waals surface area contributed by atoms with Crippen molar-refractivity contribution in [3.05, 3.63) is 59.9 Å². The summed E-state index contributed by atoms with van der Waals surface area (Å²) in [6, 6.07) is 13.2. The van der Waals surface area contributed by atoms with Crippen molar-refractivity contribution in [3.8, 4) is 5.75 Å². The molecule has 2 aromatic carbocycles. The zero-order valence-corrected chi connectivity index (χ0v) is 11.9. The van der Waals surface area contributed by atoms with Crippen molar-refractivity contribution in [2.45, 2.75) is 19.8 Å². The molecule has 4 heteroatoms. The van der Waals surface area contributed by atoms with Crippen LogP contribution in [0.3, 0.4) is 0 Å². The zero-order valence-electron chi connectivity index (χ0n) is 11.9. The number of para-hydroxylation sites is 2. The lowest BCUT2D eigenvalue weighted by Crippen LogP contribution is -2.15. The highest BCUT2D eigenvalue weighted by molar-refractivity contribution is 5.93. The molecule has 1 N–H and O–H groups in total. The standard InChI is InChI=1S/C17H18FNO2/c1-2-11-21-16-6-4-3-5-15(16)19-17(20)12-13-7-9-14(18)10-8-13/h3-10H,2,11-12H2,1H3,(H,19,20). The second kappa shape index (κ2) is 7.43. The van der Waals surface area contributed by atoms with Crippen molar-refractivity contribution < 1.29 is 13.9 Å². The van der Waals surface area contributed by atoms with Crippen LogP contribution in [-0.2, 0) is 11.2 Å². The predicted octanol–water partition coefficient (Wildman–Crippen LogP) is 3.80. The van der Waals surface area contributed by atoms with Crippen LogP contribution in [0.1, 0.15) is 18.9 Å². The smallest absolute Gasteiger partial charge is 0.228 e. The Kier molecular flexibility index (Phi) is 5.32. The highest BCUT2D eigenvalue weighted by atomic mass is 19.1. The SMILES string of the molecule is CCCOc1ccccc1NC(=O)Cc1ccc(F)cc1. The third-order valence-electron chi connectivity index (χ3n) is 2.90. The predicted molar refractivity (Wildman–Crippen MR) is 81.0 cm³/mol. The van der Waals surface area contributed by atoms with Gasteiger partial charge in [-0.05, 0) is 36.2 Å². The second-order valence-corrected chi connectivity index (χ2v) is 4.70. The number of benzene rings is 2. The van der Waals surface area contributed by atoms with Crippen LogP contribution < -0.4 is 10.1 Å². The van der Waals surface area contributed by atoms with Crippen LogP contribution in [0.15, 0.2) is 48.5 Å². The van der Waals surface area contributed by atoms with Crippen molar-refractivity contribution in [1.82, 2.24) is 0 Å². The molecule has 3 nitrogen and oxygen atoms in total. The fourth-order valence-electron chi connectivity index (χ4n) is 1.89. The van der Waals surface area contributed by atoms with E-state index >= 15 is 0 Å². The monoisotopic (exact) mass is 287 g/mol. The molecule has 0 aliphatic heterocycles. The van der Waals surface area contributed by atoms with Crippen molar-refractivity contribution in [2.24, 2.45) is 0 Å². The molecule has 0 spiro atoms. The summed E-state index contributed by atoms with van der Waals surface area (Å²) in [6.07, 6.45) is 1.10. The molecule has 0 saturated heterocycles. The van der Waals surface area contributed by atoms with Gasteiger partial charge in [-0.1, -0.05) is 31.2 Å². The van der Waals surface area contributed by atoms with E-state index in [1.807, 2.05) is 25.1 Å². The van der Waals surface area contributed by atoms with Crippen LogP contribution in [0, 0.1) is 5.82 Å². The van der Waals surface area contributed by atoms with E-state index in [1.54, 1.807) is 18.2 Å². The third kappa shape index (κ3) is 4.60. The summed E-state index contributed by atoms with van der Waals surface area (Å²) in [5.74, 6) is 0.193. The quantitative estimate of drug-likeness (QED) is 0.877. The van der Waals surface area contributed by atoms with E-state index in [4.69, 9.17) is 4.74 Å². The summed E-state index contributed by atoms with van der Waals surface area (Å²) >= 11 is 0. The van der Waals surface area contributed by atoms with E-state index in [-0.39, 0.29) is 18.1 Å². The Morgan fingerprint density at radius 3 is 2.57 bits per heavy atom. The van der Waals surface area contributed by atoms with Gasteiger partial charge < -0.3 is 10.1 Å². The summed E-state index contributed by atoms with van der Waals surface area (Å²) in [5, 5.41) is 2.82. The first-order valence-electron chi connectivity index (χ1n) is 6.95. The van der Waals surface area contributed by atoms with E-state index in [0.717, 1.165) is 12.0 Å². The number of ether oxygens (including phenoxy) is 1. The Morgan fingerprint density at radius 2 is 1.86 bits per heavy atom. The minimum absolute atomic E-state index is 0.158. The Labute approximate surface area is 123 Å². The lowest BCUT2D eigenvalue weighted by molar-refractivity contribution is -0.115. The van der Waals surface area contributed by atoms with Crippen LogP contribution in [0.4, 0.5) is 10.1 Å². The molecule has 0 bridgehead atoms. The highest BCUT2D eigenvalue weighted by Crippen LogP contribution is 2.24. The molecule has 0 aromatic heterocycles. The molecule has 0 unspecified atom stereocenters. The minimum Gasteiger partial charge on any atom is -0.491 e. The van der Waals surface area contributed by atoms with Crippen LogP contribution in [0.5, 0.6) is 5.75 Å². The number of hydrogen-bond acceptors (Lipinski definition) is 2. The Morgan fingerprint density at radius 1 is 1.14 bits per heavy atom. The summed E-state index contributed by atoms with van der Waals surface area (Å²) in [7, 11) is 0. The van der Waals surface area contributed by atoms with Gasteiger partial charge in [0.15, 0.2) is 0 Å². The molecule has 0 saturated carbocycles. The maximum atomic E-state index is 12.8. The number of carbonyl (C=O) groups is 1. The molecular weight excluding hydrogens is 269 g/mol. The average Bonchev–Trinajstić information content (AvgIpc) is 2.49.